The predicted molar refractivity (Wildman–Crippen MR) is 56.3 cm³/mol. The van der Waals surface area contributed by atoms with E-state index in [9.17, 15) is 0 Å². The van der Waals surface area contributed by atoms with Crippen molar-refractivity contribution in [2.45, 2.75) is 39.2 Å². The lowest BCUT2D eigenvalue weighted by molar-refractivity contribution is -0.696. The summed E-state index contributed by atoms with van der Waals surface area (Å²) in [6, 6.07) is 0. The third-order valence-corrected chi connectivity index (χ3v) is 2.09. The summed E-state index contributed by atoms with van der Waals surface area (Å²) in [4.78, 5) is 8.33. The van der Waals surface area contributed by atoms with Gasteiger partial charge in [0.25, 0.3) is 0 Å². The van der Waals surface area contributed by atoms with E-state index in [0.717, 1.165) is 0 Å². The molecule has 0 amide bonds. The van der Waals surface area contributed by atoms with Crippen molar-refractivity contribution < 1.29 is 21.0 Å². The second-order valence-corrected chi connectivity index (χ2v) is 3.63. The molecule has 5 heteroatoms. The molecule has 1 aromatic rings. The van der Waals surface area contributed by atoms with E-state index < -0.39 is 6.16 Å². The SMILES string of the molecule is CCCCCC[n+]1ccn(C)c1.O=C([O-])[O-].[H+]. The molecular weight excluding hydrogens is 208 g/mol. The topological polar surface area (TPSA) is 72.0 Å². The minimum atomic E-state index is -2.33. The van der Waals surface area contributed by atoms with Crippen LogP contribution in [0.25, 0.3) is 0 Å². The molecule has 0 spiro atoms. The average molecular weight is 228 g/mol. The number of imidazole rings is 1. The lowest BCUT2D eigenvalue weighted by Crippen LogP contribution is -2.37. The maximum Gasteiger partial charge on any atom is 1.00 e. The zero-order valence-corrected chi connectivity index (χ0v) is 9.89. The molecule has 92 valence electrons. The van der Waals surface area contributed by atoms with Gasteiger partial charge in [-0.15, -0.1) is 0 Å². The van der Waals surface area contributed by atoms with Crippen molar-refractivity contribution in [1.82, 2.24) is 4.57 Å². The molecule has 0 N–H and O–H groups in total. The maximum atomic E-state index is 8.33. The van der Waals surface area contributed by atoms with E-state index >= 15 is 0 Å². The van der Waals surface area contributed by atoms with Crippen LogP contribution < -0.4 is 14.8 Å². The normalized spacial score (nSPS) is 9.38. The van der Waals surface area contributed by atoms with Crippen LogP contribution in [-0.4, -0.2) is 10.7 Å². The summed E-state index contributed by atoms with van der Waals surface area (Å²) in [5.41, 5.74) is 0. The van der Waals surface area contributed by atoms with Crippen LogP contribution >= 0.6 is 0 Å². The summed E-state index contributed by atoms with van der Waals surface area (Å²) in [6.45, 7) is 3.41. The van der Waals surface area contributed by atoms with Gasteiger partial charge in [-0.2, -0.15) is 0 Å². The fourth-order valence-corrected chi connectivity index (χ4v) is 1.36. The van der Waals surface area contributed by atoms with Gasteiger partial charge in [0.05, 0.1) is 13.6 Å². The van der Waals surface area contributed by atoms with Crippen LogP contribution in [0.5, 0.6) is 0 Å². The molecule has 0 radical (unpaired) electrons. The van der Waals surface area contributed by atoms with E-state index in [1.807, 2.05) is 0 Å². The van der Waals surface area contributed by atoms with Gasteiger partial charge in [-0.3, -0.25) is 0 Å². The first-order valence-electron chi connectivity index (χ1n) is 5.45. The van der Waals surface area contributed by atoms with Gasteiger partial charge in [-0.25, -0.2) is 9.13 Å². The predicted octanol–water partition coefficient (Wildman–Crippen LogP) is -0.442. The van der Waals surface area contributed by atoms with E-state index in [1.165, 1.54) is 32.2 Å². The minimum absolute atomic E-state index is 0. The number of carboxylic acid groups (broad SMARTS) is 2. The smallest absolute Gasteiger partial charge is 0.652 e. The average Bonchev–Trinajstić information content (AvgIpc) is 2.58. The molecule has 1 heterocycles. The van der Waals surface area contributed by atoms with Crippen molar-refractivity contribution >= 4 is 6.16 Å². The number of nitrogens with zero attached hydrogens (tertiary/aromatic N) is 2. The molecule has 1 aromatic heterocycles. The van der Waals surface area contributed by atoms with Crippen LogP contribution in [0, 0.1) is 0 Å². The van der Waals surface area contributed by atoms with E-state index in [1.54, 1.807) is 0 Å². The number of unbranched alkanes of at least 4 members (excludes halogenated alkanes) is 3. The lowest BCUT2D eigenvalue weighted by atomic mass is 10.2. The van der Waals surface area contributed by atoms with Crippen molar-refractivity contribution in [3.8, 4) is 0 Å². The van der Waals surface area contributed by atoms with Gasteiger partial charge in [-0.1, -0.05) is 19.8 Å². The molecule has 0 aliphatic carbocycles. The molecule has 0 aromatic carbocycles. The van der Waals surface area contributed by atoms with Crippen molar-refractivity contribution in [2.75, 3.05) is 0 Å². The molecule has 1 rings (SSSR count). The highest BCUT2D eigenvalue weighted by atomic mass is 16.6. The molecule has 0 saturated carbocycles. The molecule has 0 atom stereocenters. The number of aromatic nitrogens is 2. The monoisotopic (exact) mass is 228 g/mol. The number of hydrogen-bond acceptors (Lipinski definition) is 3. The number of hydrogen-bond donors (Lipinski definition) is 0. The van der Waals surface area contributed by atoms with Crippen LogP contribution in [0.4, 0.5) is 4.79 Å². The molecule has 0 fully saturated rings. The highest BCUT2D eigenvalue weighted by Crippen LogP contribution is 1.97. The summed E-state index contributed by atoms with van der Waals surface area (Å²) in [6.07, 6.45) is 9.37. The largest absolute Gasteiger partial charge is 1.00 e. The van der Waals surface area contributed by atoms with E-state index in [2.05, 4.69) is 41.8 Å². The summed E-state index contributed by atoms with van der Waals surface area (Å²) in [7, 11) is 2.06. The summed E-state index contributed by atoms with van der Waals surface area (Å²) >= 11 is 0. The van der Waals surface area contributed by atoms with Gasteiger partial charge in [-0.05, 0) is 19.0 Å². The van der Waals surface area contributed by atoms with Gasteiger partial charge >= 0.3 is 1.43 Å². The molecule has 5 nitrogen and oxygen atoms in total. The Morgan fingerprint density at radius 2 is 2.00 bits per heavy atom. The Balaban J connectivity index is 0. The lowest BCUT2D eigenvalue weighted by Gasteiger charge is -1.96. The Hall–Kier alpha value is -1.52. The van der Waals surface area contributed by atoms with Gasteiger partial charge in [0.1, 0.15) is 12.4 Å². The van der Waals surface area contributed by atoms with Gasteiger partial charge in [0, 0.05) is 0 Å². The van der Waals surface area contributed by atoms with E-state index in [0.29, 0.717) is 0 Å². The number of aryl methyl sites for hydroxylation is 2. The second-order valence-electron chi connectivity index (χ2n) is 3.63. The quantitative estimate of drug-likeness (QED) is 0.506. The van der Waals surface area contributed by atoms with Crippen molar-refractivity contribution in [3.05, 3.63) is 18.7 Å². The molecule has 0 bridgehead atoms. The Morgan fingerprint density at radius 1 is 1.38 bits per heavy atom. The summed E-state index contributed by atoms with van der Waals surface area (Å²) in [5, 5.41) is 16.7. The summed E-state index contributed by atoms with van der Waals surface area (Å²) in [5.74, 6) is 0. The highest BCUT2D eigenvalue weighted by Gasteiger charge is 1.97. The number of rotatable bonds is 5. The van der Waals surface area contributed by atoms with Crippen molar-refractivity contribution in [2.24, 2.45) is 7.05 Å². The standard InChI is InChI=1S/C10H19N2.CH2O3/c1-3-4-5-6-7-12-9-8-11(2)10-12;2-1(3)4/h8-10H,3-7H2,1-2H3;(H2,2,3,4)/q+1;/p-1. The first-order valence-corrected chi connectivity index (χ1v) is 5.45. The van der Waals surface area contributed by atoms with Crippen molar-refractivity contribution in [3.63, 3.8) is 0 Å². The Kier molecular flexibility index (Phi) is 7.93. The van der Waals surface area contributed by atoms with Gasteiger partial charge in [0.15, 0.2) is 0 Å². The molecule has 0 unspecified atom stereocenters. The minimum Gasteiger partial charge on any atom is -0.652 e. The Morgan fingerprint density at radius 3 is 2.44 bits per heavy atom. The van der Waals surface area contributed by atoms with Crippen LogP contribution in [0.2, 0.25) is 0 Å². The molecule has 0 aliphatic rings. The van der Waals surface area contributed by atoms with Crippen LogP contribution in [-0.2, 0) is 13.6 Å². The second kappa shape index (κ2) is 8.76. The van der Waals surface area contributed by atoms with E-state index in [4.69, 9.17) is 15.0 Å². The molecule has 0 saturated heterocycles. The van der Waals surface area contributed by atoms with Gasteiger partial charge in [0.2, 0.25) is 6.33 Å². The third kappa shape index (κ3) is 9.05. The maximum absolute atomic E-state index is 8.33. The van der Waals surface area contributed by atoms with Crippen molar-refractivity contribution in [1.29, 1.82) is 0 Å². The zero-order chi connectivity index (χ0) is 12.4. The molecular formula is C11H20N2O3. The Bertz CT molecular complexity index is 299. The summed E-state index contributed by atoms with van der Waals surface area (Å²) < 4.78 is 4.33. The van der Waals surface area contributed by atoms with Crippen LogP contribution in [0.1, 0.15) is 34.0 Å². The highest BCUT2D eigenvalue weighted by molar-refractivity contribution is 5.47. The first-order chi connectivity index (χ1) is 7.56. The van der Waals surface area contributed by atoms with E-state index in [-0.39, 0.29) is 1.43 Å². The third-order valence-electron chi connectivity index (χ3n) is 2.09. The number of carbonyl (C=O) groups is 1. The Labute approximate surface area is 97.4 Å². The molecule has 16 heavy (non-hydrogen) atoms. The first kappa shape index (κ1) is 14.5. The van der Waals surface area contributed by atoms with Crippen LogP contribution in [0.3, 0.4) is 0 Å². The van der Waals surface area contributed by atoms with Gasteiger partial charge < -0.3 is 15.0 Å². The fourth-order valence-electron chi connectivity index (χ4n) is 1.36. The molecule has 0 aliphatic heterocycles. The van der Waals surface area contributed by atoms with Crippen LogP contribution in [0.15, 0.2) is 18.7 Å². The number of carbonyl (C=O) groups excluding carboxylic acids is 1. The fraction of sp³-hybridized carbons (Fsp3) is 0.636. The zero-order valence-electron chi connectivity index (χ0n) is 10.9.